The number of halogens is 1. The van der Waals surface area contributed by atoms with E-state index in [-0.39, 0.29) is 11.2 Å². The highest BCUT2D eigenvalue weighted by Crippen LogP contribution is 2.19. The van der Waals surface area contributed by atoms with Gasteiger partial charge in [0.2, 0.25) is 17.1 Å². The predicted octanol–water partition coefficient (Wildman–Crippen LogP) is 1.63. The van der Waals surface area contributed by atoms with E-state index >= 15 is 0 Å². The number of aromatic nitrogens is 4. The van der Waals surface area contributed by atoms with Crippen LogP contribution in [0.1, 0.15) is 4.88 Å². The molecular formula is C9H6ClN5O2S. The van der Waals surface area contributed by atoms with E-state index in [0.29, 0.717) is 17.5 Å². The van der Waals surface area contributed by atoms with Gasteiger partial charge in [-0.25, -0.2) is 4.63 Å². The van der Waals surface area contributed by atoms with Crippen LogP contribution in [0.2, 0.25) is 5.02 Å². The van der Waals surface area contributed by atoms with Crippen LogP contribution in [0.25, 0.3) is 11.2 Å². The summed E-state index contributed by atoms with van der Waals surface area (Å²) in [4.78, 5) is 19.2. The molecule has 0 unspecified atom stereocenters. The van der Waals surface area contributed by atoms with Crippen LogP contribution >= 0.6 is 22.9 Å². The monoisotopic (exact) mass is 283 g/mol. The number of anilines is 1. The molecule has 0 aromatic carbocycles. The number of aromatic amines is 1. The fourth-order valence-electron chi connectivity index (χ4n) is 1.40. The number of nitrogens with one attached hydrogen (secondary N) is 2. The number of hydrogen-bond acceptors (Lipinski definition) is 7. The molecule has 3 aromatic rings. The Balaban J connectivity index is 1.84. The third-order valence-corrected chi connectivity index (χ3v) is 3.47. The molecule has 0 saturated heterocycles. The first kappa shape index (κ1) is 11.2. The molecule has 9 heteroatoms. The van der Waals surface area contributed by atoms with Gasteiger partial charge < -0.3 is 5.32 Å². The topological polar surface area (TPSA) is 96.7 Å². The van der Waals surface area contributed by atoms with E-state index in [4.69, 9.17) is 11.6 Å². The van der Waals surface area contributed by atoms with Crippen LogP contribution in [0.15, 0.2) is 20.9 Å². The second kappa shape index (κ2) is 4.39. The normalized spacial score (nSPS) is 10.9. The quantitative estimate of drug-likeness (QED) is 0.758. The van der Waals surface area contributed by atoms with E-state index in [1.165, 1.54) is 11.3 Å². The van der Waals surface area contributed by atoms with Gasteiger partial charge in [0.15, 0.2) is 0 Å². The highest BCUT2D eigenvalue weighted by atomic mass is 35.5. The Bertz CT molecular complexity index is 749. The Labute approximate surface area is 109 Å². The number of nitrogens with zero attached hydrogens (tertiary/aromatic N) is 3. The molecule has 0 amide bonds. The van der Waals surface area contributed by atoms with E-state index in [9.17, 15) is 4.79 Å². The van der Waals surface area contributed by atoms with Crippen molar-refractivity contribution in [3.63, 3.8) is 0 Å². The van der Waals surface area contributed by atoms with Gasteiger partial charge in [-0.1, -0.05) is 11.6 Å². The van der Waals surface area contributed by atoms with Gasteiger partial charge in [-0.05, 0) is 16.4 Å². The SMILES string of the molecule is O=c1[nH]c(NCc2cc(Cl)cs2)nc2nonc12. The van der Waals surface area contributed by atoms with E-state index in [0.717, 1.165) is 4.88 Å². The lowest BCUT2D eigenvalue weighted by Crippen LogP contribution is -2.12. The molecule has 0 atom stereocenters. The standard InChI is InChI=1S/C9H6ClN5O2S/c10-4-1-5(18-3-4)2-11-9-12-7-6(8(16)13-9)14-17-15-7/h1,3H,2H2,(H2,11,12,13,15,16). The van der Waals surface area contributed by atoms with Gasteiger partial charge in [0.25, 0.3) is 5.56 Å². The van der Waals surface area contributed by atoms with Crippen molar-refractivity contribution in [1.82, 2.24) is 20.3 Å². The lowest BCUT2D eigenvalue weighted by molar-refractivity contribution is 0.314. The molecule has 0 aliphatic heterocycles. The Hall–Kier alpha value is -1.93. The summed E-state index contributed by atoms with van der Waals surface area (Å²) < 4.78 is 4.44. The summed E-state index contributed by atoms with van der Waals surface area (Å²) in [5, 5.41) is 12.5. The summed E-state index contributed by atoms with van der Waals surface area (Å²) in [6.07, 6.45) is 0. The molecule has 0 fully saturated rings. The van der Waals surface area contributed by atoms with Crippen molar-refractivity contribution >= 4 is 40.0 Å². The van der Waals surface area contributed by atoms with E-state index in [1.807, 2.05) is 11.4 Å². The molecule has 3 heterocycles. The first-order valence-corrected chi connectivity index (χ1v) is 6.17. The van der Waals surface area contributed by atoms with Crippen LogP contribution in [0.5, 0.6) is 0 Å². The second-order valence-electron chi connectivity index (χ2n) is 3.44. The molecular weight excluding hydrogens is 278 g/mol. The molecule has 3 aromatic heterocycles. The summed E-state index contributed by atoms with van der Waals surface area (Å²) >= 11 is 7.33. The van der Waals surface area contributed by atoms with Crippen molar-refractivity contribution in [1.29, 1.82) is 0 Å². The second-order valence-corrected chi connectivity index (χ2v) is 4.87. The zero-order chi connectivity index (χ0) is 12.5. The fourth-order valence-corrected chi connectivity index (χ4v) is 2.41. The van der Waals surface area contributed by atoms with Gasteiger partial charge in [-0.3, -0.25) is 9.78 Å². The van der Waals surface area contributed by atoms with Gasteiger partial charge in [-0.15, -0.1) is 11.3 Å². The van der Waals surface area contributed by atoms with Crippen LogP contribution in [-0.4, -0.2) is 20.3 Å². The molecule has 3 rings (SSSR count). The zero-order valence-corrected chi connectivity index (χ0v) is 10.4. The summed E-state index contributed by atoms with van der Waals surface area (Å²) in [6, 6.07) is 1.84. The Morgan fingerprint density at radius 3 is 3.17 bits per heavy atom. The van der Waals surface area contributed by atoms with Crippen molar-refractivity contribution in [2.75, 3.05) is 5.32 Å². The summed E-state index contributed by atoms with van der Waals surface area (Å²) in [5.74, 6) is 0.313. The molecule has 0 bridgehead atoms. The Kier molecular flexibility index (Phi) is 2.73. The maximum Gasteiger partial charge on any atom is 0.284 e. The molecule has 0 radical (unpaired) electrons. The maximum atomic E-state index is 11.6. The molecule has 18 heavy (non-hydrogen) atoms. The average molecular weight is 284 g/mol. The van der Waals surface area contributed by atoms with E-state index < -0.39 is 5.56 Å². The van der Waals surface area contributed by atoms with Gasteiger partial charge in [-0.2, -0.15) is 4.98 Å². The van der Waals surface area contributed by atoms with Crippen molar-refractivity contribution in [3.05, 3.63) is 31.7 Å². The minimum Gasteiger partial charge on any atom is -0.351 e. The number of rotatable bonds is 3. The predicted molar refractivity (Wildman–Crippen MR) is 66.9 cm³/mol. The zero-order valence-electron chi connectivity index (χ0n) is 8.81. The number of H-pyrrole nitrogens is 1. The van der Waals surface area contributed by atoms with Gasteiger partial charge in [0.05, 0.1) is 11.6 Å². The highest BCUT2D eigenvalue weighted by molar-refractivity contribution is 7.10. The lowest BCUT2D eigenvalue weighted by Gasteiger charge is -2.01. The largest absolute Gasteiger partial charge is 0.351 e. The molecule has 0 spiro atoms. The minimum atomic E-state index is -0.395. The number of thiophene rings is 1. The highest BCUT2D eigenvalue weighted by Gasteiger charge is 2.08. The van der Waals surface area contributed by atoms with Crippen LogP contribution in [0.4, 0.5) is 5.95 Å². The van der Waals surface area contributed by atoms with E-state index in [1.54, 1.807) is 0 Å². The van der Waals surface area contributed by atoms with Crippen molar-refractivity contribution < 1.29 is 4.63 Å². The molecule has 0 saturated carbocycles. The van der Waals surface area contributed by atoms with Gasteiger partial charge in [0.1, 0.15) is 0 Å². The van der Waals surface area contributed by atoms with E-state index in [2.05, 4.69) is 30.2 Å². The summed E-state index contributed by atoms with van der Waals surface area (Å²) in [7, 11) is 0. The third kappa shape index (κ3) is 2.07. The molecule has 92 valence electrons. The first-order valence-electron chi connectivity index (χ1n) is 4.92. The van der Waals surface area contributed by atoms with Crippen molar-refractivity contribution in [2.45, 2.75) is 6.54 Å². The average Bonchev–Trinajstić information content (AvgIpc) is 2.95. The van der Waals surface area contributed by atoms with Crippen LogP contribution in [-0.2, 0) is 6.54 Å². The Morgan fingerprint density at radius 1 is 1.50 bits per heavy atom. The fraction of sp³-hybridized carbons (Fsp3) is 0.111. The molecule has 7 nitrogen and oxygen atoms in total. The van der Waals surface area contributed by atoms with Crippen LogP contribution in [0.3, 0.4) is 0 Å². The van der Waals surface area contributed by atoms with Gasteiger partial charge >= 0.3 is 0 Å². The number of fused-ring (bicyclic) bond motifs is 1. The van der Waals surface area contributed by atoms with Crippen molar-refractivity contribution in [3.8, 4) is 0 Å². The molecule has 0 aliphatic rings. The minimum absolute atomic E-state index is 0.0831. The molecule has 0 aliphatic carbocycles. The number of hydrogen-bond donors (Lipinski definition) is 2. The first-order chi connectivity index (χ1) is 8.72. The Morgan fingerprint density at radius 2 is 2.39 bits per heavy atom. The van der Waals surface area contributed by atoms with Crippen LogP contribution in [0, 0.1) is 0 Å². The lowest BCUT2D eigenvalue weighted by atomic mass is 10.4. The smallest absolute Gasteiger partial charge is 0.284 e. The van der Waals surface area contributed by atoms with Crippen molar-refractivity contribution in [2.24, 2.45) is 0 Å². The molecule has 2 N–H and O–H groups in total. The van der Waals surface area contributed by atoms with Crippen LogP contribution < -0.4 is 10.9 Å². The maximum absolute atomic E-state index is 11.6. The summed E-state index contributed by atoms with van der Waals surface area (Å²) in [6.45, 7) is 0.511. The summed E-state index contributed by atoms with van der Waals surface area (Å²) in [5.41, 5.74) is -0.141. The van der Waals surface area contributed by atoms with Gasteiger partial charge in [0, 0.05) is 10.3 Å². The third-order valence-electron chi connectivity index (χ3n) is 2.19.